The van der Waals surface area contributed by atoms with Gasteiger partial charge >= 0.3 is 0 Å². The molecule has 0 aliphatic carbocycles. The normalized spacial score (nSPS) is 19.9. The highest BCUT2D eigenvalue weighted by Crippen LogP contribution is 2.18. The Morgan fingerprint density at radius 2 is 2.15 bits per heavy atom. The summed E-state index contributed by atoms with van der Waals surface area (Å²) in [5.74, 6) is -1.35. The minimum atomic E-state index is -0.707. The van der Waals surface area contributed by atoms with Gasteiger partial charge in [-0.05, 0) is 6.54 Å². The first-order valence-electron chi connectivity index (χ1n) is 6.75. The summed E-state index contributed by atoms with van der Waals surface area (Å²) in [6.07, 6.45) is -0.0204. The van der Waals surface area contributed by atoms with Crippen LogP contribution >= 0.6 is 0 Å². The van der Waals surface area contributed by atoms with E-state index in [1.54, 1.807) is 0 Å². The van der Waals surface area contributed by atoms with Crippen molar-refractivity contribution in [2.75, 3.05) is 50.5 Å². The fraction of sp³-hybridized carbons (Fsp3) is 0.615. The molecule has 0 bridgehead atoms. The third kappa shape index (κ3) is 3.55. The predicted molar refractivity (Wildman–Crippen MR) is 74.0 cm³/mol. The molecule has 1 atom stereocenters. The number of morpholine rings is 1. The molecule has 2 rings (SSSR count). The number of rotatable bonds is 5. The largest absolute Gasteiger partial charge is 0.374 e. The van der Waals surface area contributed by atoms with E-state index in [0.29, 0.717) is 13.2 Å². The highest BCUT2D eigenvalue weighted by molar-refractivity contribution is 5.47. The lowest BCUT2D eigenvalue weighted by molar-refractivity contribution is -0.0192. The average Bonchev–Trinajstić information content (AvgIpc) is 2.46. The second-order valence-electron chi connectivity index (χ2n) is 4.67. The molecule has 1 fully saturated rings. The maximum Gasteiger partial charge on any atom is 0.168 e. The Balaban J connectivity index is 1.96. The van der Waals surface area contributed by atoms with Gasteiger partial charge in [0.15, 0.2) is 23.3 Å². The van der Waals surface area contributed by atoms with E-state index < -0.39 is 11.6 Å². The second-order valence-corrected chi connectivity index (χ2v) is 4.67. The molecule has 1 aliphatic heterocycles. The van der Waals surface area contributed by atoms with Gasteiger partial charge in [-0.2, -0.15) is 0 Å². The molecule has 112 valence electrons. The van der Waals surface area contributed by atoms with Gasteiger partial charge in [0.25, 0.3) is 0 Å². The van der Waals surface area contributed by atoms with Crippen molar-refractivity contribution in [1.82, 2.24) is 9.88 Å². The molecule has 0 aromatic carbocycles. The monoisotopic (exact) mass is 286 g/mol. The number of nitrogens with one attached hydrogen (secondary N) is 2. The highest BCUT2D eigenvalue weighted by Gasteiger charge is 2.20. The summed E-state index contributed by atoms with van der Waals surface area (Å²) in [7, 11) is 1.54. The third-order valence-electron chi connectivity index (χ3n) is 3.33. The first-order valence-corrected chi connectivity index (χ1v) is 6.75. The fourth-order valence-corrected chi connectivity index (χ4v) is 2.17. The zero-order valence-corrected chi connectivity index (χ0v) is 11.7. The van der Waals surface area contributed by atoms with Gasteiger partial charge in [-0.1, -0.05) is 6.92 Å². The standard InChI is InChI=1S/C13H20F2N4O/c1-3-19-4-5-20-9(8-19)7-17-13-11(15)6-10(14)12(16-2)18-13/h6,9H,3-5,7-8H2,1-2H3,(H2,16,17,18). The van der Waals surface area contributed by atoms with Crippen molar-refractivity contribution in [2.24, 2.45) is 0 Å². The maximum atomic E-state index is 13.6. The molecule has 7 heteroatoms. The maximum absolute atomic E-state index is 13.6. The topological polar surface area (TPSA) is 49.4 Å². The predicted octanol–water partition coefficient (Wildman–Crippen LogP) is 1.53. The molecular weight excluding hydrogens is 266 g/mol. The molecular formula is C13H20F2N4O. The zero-order valence-electron chi connectivity index (χ0n) is 11.7. The van der Waals surface area contributed by atoms with Crippen LogP contribution in [-0.2, 0) is 4.74 Å². The zero-order chi connectivity index (χ0) is 14.5. The van der Waals surface area contributed by atoms with Crippen LogP contribution in [0.4, 0.5) is 20.4 Å². The van der Waals surface area contributed by atoms with Crippen LogP contribution in [0.1, 0.15) is 6.92 Å². The SMILES string of the molecule is CCN1CCOC(CNc2nc(NC)c(F)cc2F)C1. The second kappa shape index (κ2) is 6.81. The molecule has 0 saturated carbocycles. The van der Waals surface area contributed by atoms with Crippen molar-refractivity contribution in [3.05, 3.63) is 17.7 Å². The van der Waals surface area contributed by atoms with E-state index in [1.807, 2.05) is 0 Å². The number of pyridine rings is 1. The minimum absolute atomic E-state index is 0.0204. The van der Waals surface area contributed by atoms with Gasteiger partial charge < -0.3 is 15.4 Å². The Labute approximate surface area is 117 Å². The van der Waals surface area contributed by atoms with Crippen molar-refractivity contribution in [3.8, 4) is 0 Å². The molecule has 2 heterocycles. The Kier molecular flexibility index (Phi) is 5.08. The molecule has 1 aromatic rings. The molecule has 20 heavy (non-hydrogen) atoms. The van der Waals surface area contributed by atoms with E-state index in [-0.39, 0.29) is 17.7 Å². The molecule has 1 aromatic heterocycles. The van der Waals surface area contributed by atoms with Crippen molar-refractivity contribution >= 4 is 11.6 Å². The van der Waals surface area contributed by atoms with Crippen molar-refractivity contribution in [2.45, 2.75) is 13.0 Å². The lowest BCUT2D eigenvalue weighted by Gasteiger charge is -2.32. The number of aromatic nitrogens is 1. The Morgan fingerprint density at radius 3 is 2.85 bits per heavy atom. The summed E-state index contributed by atoms with van der Waals surface area (Å²) in [5.41, 5.74) is 0. The van der Waals surface area contributed by atoms with E-state index >= 15 is 0 Å². The van der Waals surface area contributed by atoms with Crippen molar-refractivity contribution in [3.63, 3.8) is 0 Å². The Bertz CT molecular complexity index is 458. The van der Waals surface area contributed by atoms with Gasteiger partial charge in [0.05, 0.1) is 12.7 Å². The van der Waals surface area contributed by atoms with E-state index in [2.05, 4.69) is 27.4 Å². The smallest absolute Gasteiger partial charge is 0.168 e. The summed E-state index contributed by atoms with van der Waals surface area (Å²) in [6, 6.07) is 0.821. The van der Waals surface area contributed by atoms with Crippen LogP contribution < -0.4 is 10.6 Å². The molecule has 1 unspecified atom stereocenters. The lowest BCUT2D eigenvalue weighted by atomic mass is 10.2. The Morgan fingerprint density at radius 1 is 1.40 bits per heavy atom. The number of nitrogens with zero attached hydrogens (tertiary/aromatic N) is 2. The van der Waals surface area contributed by atoms with Gasteiger partial charge in [-0.25, -0.2) is 13.8 Å². The van der Waals surface area contributed by atoms with Gasteiger partial charge in [0.1, 0.15) is 0 Å². The number of ether oxygens (including phenoxy) is 1. The lowest BCUT2D eigenvalue weighted by Crippen LogP contribution is -2.45. The van der Waals surface area contributed by atoms with E-state index in [0.717, 1.165) is 25.7 Å². The number of likely N-dealkylation sites (N-methyl/N-ethyl adjacent to an activating group) is 1. The van der Waals surface area contributed by atoms with Crippen LogP contribution in [0.5, 0.6) is 0 Å². The summed E-state index contributed by atoms with van der Waals surface area (Å²) in [4.78, 5) is 6.14. The first-order chi connectivity index (χ1) is 9.63. The number of hydrogen-bond acceptors (Lipinski definition) is 5. The van der Waals surface area contributed by atoms with Crippen LogP contribution in [0.3, 0.4) is 0 Å². The van der Waals surface area contributed by atoms with Crippen LogP contribution in [0, 0.1) is 11.6 Å². The molecule has 0 amide bonds. The molecule has 1 saturated heterocycles. The van der Waals surface area contributed by atoms with Gasteiger partial charge in [0.2, 0.25) is 0 Å². The van der Waals surface area contributed by atoms with E-state index in [4.69, 9.17) is 4.74 Å². The van der Waals surface area contributed by atoms with Crippen LogP contribution in [0.25, 0.3) is 0 Å². The van der Waals surface area contributed by atoms with E-state index in [1.165, 1.54) is 7.05 Å². The van der Waals surface area contributed by atoms with Crippen LogP contribution in [-0.4, -0.2) is 55.8 Å². The fourth-order valence-electron chi connectivity index (χ4n) is 2.17. The molecule has 0 spiro atoms. The molecule has 2 N–H and O–H groups in total. The average molecular weight is 286 g/mol. The summed E-state index contributed by atoms with van der Waals surface area (Å²) in [5, 5.41) is 5.47. The number of halogens is 2. The van der Waals surface area contributed by atoms with Crippen molar-refractivity contribution in [1.29, 1.82) is 0 Å². The third-order valence-corrected chi connectivity index (χ3v) is 3.33. The van der Waals surface area contributed by atoms with Gasteiger partial charge in [0, 0.05) is 32.7 Å². The van der Waals surface area contributed by atoms with Gasteiger partial charge in [-0.15, -0.1) is 0 Å². The number of hydrogen-bond donors (Lipinski definition) is 2. The summed E-state index contributed by atoms with van der Waals surface area (Å²) in [6.45, 7) is 5.88. The number of anilines is 2. The highest BCUT2D eigenvalue weighted by atomic mass is 19.1. The summed E-state index contributed by atoms with van der Waals surface area (Å²) < 4.78 is 32.5. The van der Waals surface area contributed by atoms with Crippen LogP contribution in [0.15, 0.2) is 6.07 Å². The van der Waals surface area contributed by atoms with Crippen LogP contribution in [0.2, 0.25) is 0 Å². The quantitative estimate of drug-likeness (QED) is 0.860. The molecule has 0 radical (unpaired) electrons. The summed E-state index contributed by atoms with van der Waals surface area (Å²) >= 11 is 0. The molecule has 5 nitrogen and oxygen atoms in total. The van der Waals surface area contributed by atoms with Gasteiger partial charge in [-0.3, -0.25) is 4.90 Å². The van der Waals surface area contributed by atoms with Crippen molar-refractivity contribution < 1.29 is 13.5 Å². The first kappa shape index (κ1) is 14.9. The van der Waals surface area contributed by atoms with E-state index in [9.17, 15) is 8.78 Å². The molecule has 1 aliphatic rings. The minimum Gasteiger partial charge on any atom is -0.374 e. The Hall–Kier alpha value is -1.47.